The lowest BCUT2D eigenvalue weighted by molar-refractivity contribution is -0.137. The fraction of sp³-hybridized carbons (Fsp3) is 0.538. The third-order valence-electron chi connectivity index (χ3n) is 3.13. The van der Waals surface area contributed by atoms with Crippen molar-refractivity contribution in [3.63, 3.8) is 0 Å². The molecule has 1 atom stereocenters. The number of hydrogen-bond acceptors (Lipinski definition) is 2. The minimum atomic E-state index is -4.36. The molecule has 1 aromatic carbocycles. The molecule has 1 fully saturated rings. The molecule has 19 heavy (non-hydrogen) atoms. The Labute approximate surface area is 114 Å². The highest BCUT2D eigenvalue weighted by Crippen LogP contribution is 2.33. The van der Waals surface area contributed by atoms with Crippen molar-refractivity contribution >= 4 is 17.3 Å². The van der Waals surface area contributed by atoms with E-state index in [1.165, 1.54) is 6.07 Å². The predicted molar refractivity (Wildman–Crippen MR) is 68.5 cm³/mol. The van der Waals surface area contributed by atoms with Gasteiger partial charge in [-0.3, -0.25) is 0 Å². The summed E-state index contributed by atoms with van der Waals surface area (Å²) in [5.74, 6) is 0.382. The molecule has 6 heteroatoms. The maximum Gasteiger partial charge on any atom is 0.416 e. The third-order valence-corrected chi connectivity index (χ3v) is 3.44. The molecule has 1 aliphatic heterocycles. The number of ether oxygens (including phenoxy) is 1. The zero-order valence-electron chi connectivity index (χ0n) is 10.3. The topological polar surface area (TPSA) is 21.3 Å². The maximum atomic E-state index is 12.5. The second kappa shape index (κ2) is 6.01. The number of benzene rings is 1. The summed E-state index contributed by atoms with van der Waals surface area (Å²) in [6.07, 6.45) is -2.28. The number of alkyl halides is 3. The van der Waals surface area contributed by atoms with E-state index in [0.29, 0.717) is 24.8 Å². The fourth-order valence-corrected chi connectivity index (χ4v) is 2.30. The second-order valence-electron chi connectivity index (χ2n) is 4.66. The Morgan fingerprint density at radius 2 is 2.16 bits per heavy atom. The van der Waals surface area contributed by atoms with Gasteiger partial charge in [-0.2, -0.15) is 13.2 Å². The molecule has 2 nitrogen and oxygen atoms in total. The van der Waals surface area contributed by atoms with E-state index in [1.807, 2.05) is 0 Å². The summed E-state index contributed by atoms with van der Waals surface area (Å²) >= 11 is 5.86. The van der Waals surface area contributed by atoms with Gasteiger partial charge in [-0.25, -0.2) is 0 Å². The largest absolute Gasteiger partial charge is 0.416 e. The monoisotopic (exact) mass is 293 g/mol. The number of nitrogens with one attached hydrogen (secondary N) is 1. The van der Waals surface area contributed by atoms with Gasteiger partial charge in [-0.05, 0) is 37.0 Å². The standard InChI is InChI=1S/C13H15ClF3NO/c14-11-6-10(13(15,16)17)3-4-12(11)18-7-9-2-1-5-19-8-9/h3-4,6,9,18H,1-2,5,7-8H2. The van der Waals surface area contributed by atoms with Crippen LogP contribution in [0.25, 0.3) is 0 Å². The summed E-state index contributed by atoms with van der Waals surface area (Å²) < 4.78 is 42.8. The van der Waals surface area contributed by atoms with Crippen molar-refractivity contribution in [2.75, 3.05) is 25.1 Å². The summed E-state index contributed by atoms with van der Waals surface area (Å²) in [4.78, 5) is 0. The Hall–Kier alpha value is -0.940. The molecule has 0 aromatic heterocycles. The maximum absolute atomic E-state index is 12.5. The Bertz CT molecular complexity index is 430. The van der Waals surface area contributed by atoms with E-state index in [2.05, 4.69) is 5.32 Å². The minimum absolute atomic E-state index is 0.0894. The summed E-state index contributed by atoms with van der Waals surface area (Å²) in [7, 11) is 0. The van der Waals surface area contributed by atoms with Gasteiger partial charge in [-0.15, -0.1) is 0 Å². The van der Waals surface area contributed by atoms with Gasteiger partial charge in [0.15, 0.2) is 0 Å². The molecular formula is C13H15ClF3NO. The van der Waals surface area contributed by atoms with Gasteiger partial charge in [0.2, 0.25) is 0 Å². The summed E-state index contributed by atoms with van der Waals surface area (Å²) in [6.45, 7) is 2.13. The average molecular weight is 294 g/mol. The van der Waals surface area contributed by atoms with Crippen molar-refractivity contribution < 1.29 is 17.9 Å². The molecule has 1 heterocycles. The van der Waals surface area contributed by atoms with Crippen LogP contribution in [0.3, 0.4) is 0 Å². The second-order valence-corrected chi connectivity index (χ2v) is 5.06. The highest BCUT2D eigenvalue weighted by molar-refractivity contribution is 6.33. The molecule has 0 radical (unpaired) electrons. The minimum Gasteiger partial charge on any atom is -0.383 e. The normalized spacial score (nSPS) is 20.3. The van der Waals surface area contributed by atoms with Crippen LogP contribution in [-0.2, 0) is 10.9 Å². The SMILES string of the molecule is FC(F)(F)c1ccc(NCC2CCCOC2)c(Cl)c1. The molecule has 1 saturated heterocycles. The van der Waals surface area contributed by atoms with Crippen LogP contribution in [0.5, 0.6) is 0 Å². The van der Waals surface area contributed by atoms with E-state index >= 15 is 0 Å². The molecule has 1 aromatic rings. The van der Waals surface area contributed by atoms with E-state index in [1.54, 1.807) is 0 Å². The van der Waals surface area contributed by atoms with E-state index in [9.17, 15) is 13.2 Å². The van der Waals surface area contributed by atoms with Crippen molar-refractivity contribution in [1.82, 2.24) is 0 Å². The van der Waals surface area contributed by atoms with Crippen molar-refractivity contribution in [3.8, 4) is 0 Å². The van der Waals surface area contributed by atoms with Crippen LogP contribution >= 0.6 is 11.6 Å². The lowest BCUT2D eigenvalue weighted by atomic mass is 10.0. The van der Waals surface area contributed by atoms with Crippen molar-refractivity contribution in [2.24, 2.45) is 5.92 Å². The zero-order chi connectivity index (χ0) is 13.9. The molecule has 1 aliphatic rings. The van der Waals surface area contributed by atoms with Crippen LogP contribution in [-0.4, -0.2) is 19.8 Å². The van der Waals surface area contributed by atoms with Gasteiger partial charge >= 0.3 is 6.18 Å². The van der Waals surface area contributed by atoms with E-state index in [-0.39, 0.29) is 5.02 Å². The van der Waals surface area contributed by atoms with Crippen LogP contribution in [0.1, 0.15) is 18.4 Å². The van der Waals surface area contributed by atoms with Crippen molar-refractivity contribution in [2.45, 2.75) is 19.0 Å². The molecule has 1 unspecified atom stereocenters. The van der Waals surface area contributed by atoms with Gasteiger partial charge < -0.3 is 10.1 Å². The van der Waals surface area contributed by atoms with Crippen molar-refractivity contribution in [1.29, 1.82) is 0 Å². The Morgan fingerprint density at radius 1 is 1.37 bits per heavy atom. The number of hydrogen-bond donors (Lipinski definition) is 1. The molecule has 0 aliphatic carbocycles. The third kappa shape index (κ3) is 4.01. The Kier molecular flexibility index (Phi) is 4.58. The number of rotatable bonds is 3. The first-order valence-corrected chi connectivity index (χ1v) is 6.53. The Balaban J connectivity index is 1.97. The highest BCUT2D eigenvalue weighted by Gasteiger charge is 2.30. The fourth-order valence-electron chi connectivity index (χ4n) is 2.06. The van der Waals surface area contributed by atoms with Crippen LogP contribution in [0.15, 0.2) is 18.2 Å². The Morgan fingerprint density at radius 3 is 2.74 bits per heavy atom. The van der Waals surface area contributed by atoms with Gasteiger partial charge in [0.05, 0.1) is 22.9 Å². The first kappa shape index (κ1) is 14.5. The van der Waals surface area contributed by atoms with E-state index in [0.717, 1.165) is 31.6 Å². The lowest BCUT2D eigenvalue weighted by Gasteiger charge is -2.23. The number of halogens is 4. The molecule has 0 spiro atoms. The van der Waals surface area contributed by atoms with Gasteiger partial charge in [0.1, 0.15) is 0 Å². The zero-order valence-corrected chi connectivity index (χ0v) is 11.0. The highest BCUT2D eigenvalue weighted by atomic mass is 35.5. The summed E-state index contributed by atoms with van der Waals surface area (Å²) in [6, 6.07) is 3.35. The summed E-state index contributed by atoms with van der Waals surface area (Å²) in [5.41, 5.74) is -0.204. The van der Waals surface area contributed by atoms with E-state index in [4.69, 9.17) is 16.3 Å². The first-order chi connectivity index (χ1) is 8.97. The van der Waals surface area contributed by atoms with Gasteiger partial charge in [0, 0.05) is 13.2 Å². The molecular weight excluding hydrogens is 279 g/mol. The molecule has 0 amide bonds. The molecule has 0 bridgehead atoms. The van der Waals surface area contributed by atoms with E-state index < -0.39 is 11.7 Å². The van der Waals surface area contributed by atoms with Gasteiger partial charge in [0.25, 0.3) is 0 Å². The van der Waals surface area contributed by atoms with Crippen molar-refractivity contribution in [3.05, 3.63) is 28.8 Å². The number of anilines is 1. The molecule has 1 N–H and O–H groups in total. The smallest absolute Gasteiger partial charge is 0.383 e. The van der Waals surface area contributed by atoms with Crippen LogP contribution in [0, 0.1) is 5.92 Å². The van der Waals surface area contributed by atoms with Crippen LogP contribution in [0.2, 0.25) is 5.02 Å². The summed E-state index contributed by atoms with van der Waals surface area (Å²) in [5, 5.41) is 3.17. The predicted octanol–water partition coefficient (Wildman–Crippen LogP) is 4.20. The van der Waals surface area contributed by atoms with Gasteiger partial charge in [-0.1, -0.05) is 11.6 Å². The van der Waals surface area contributed by atoms with Crippen LogP contribution in [0.4, 0.5) is 18.9 Å². The lowest BCUT2D eigenvalue weighted by Crippen LogP contribution is -2.24. The first-order valence-electron chi connectivity index (χ1n) is 6.15. The quantitative estimate of drug-likeness (QED) is 0.902. The molecule has 2 rings (SSSR count). The van der Waals surface area contributed by atoms with Crippen LogP contribution < -0.4 is 5.32 Å². The average Bonchev–Trinajstić information content (AvgIpc) is 2.37. The molecule has 0 saturated carbocycles. The molecule has 106 valence electrons.